The lowest BCUT2D eigenvalue weighted by Crippen LogP contribution is -2.39. The van der Waals surface area contributed by atoms with E-state index < -0.39 is 0 Å². The van der Waals surface area contributed by atoms with E-state index in [4.69, 9.17) is 0 Å². The fraction of sp³-hybridized carbons (Fsp3) is 0.444. The minimum atomic E-state index is 0.849. The first-order chi connectivity index (χ1) is 11.1. The quantitative estimate of drug-likeness (QED) is 0.653. The van der Waals surface area contributed by atoms with E-state index in [1.807, 2.05) is 13.2 Å². The monoisotopic (exact) mass is 330 g/mol. The number of nitrogens with one attached hydrogen (secondary N) is 1. The van der Waals surface area contributed by atoms with Crippen molar-refractivity contribution in [3.05, 3.63) is 51.5 Å². The number of hydrogen-bond acceptors (Lipinski definition) is 3. The van der Waals surface area contributed by atoms with E-state index in [-0.39, 0.29) is 0 Å². The molecule has 1 aromatic carbocycles. The molecule has 2 aromatic rings. The van der Waals surface area contributed by atoms with Gasteiger partial charge in [0.05, 0.1) is 5.01 Å². The first-order valence-corrected chi connectivity index (χ1v) is 8.85. The summed E-state index contributed by atoms with van der Waals surface area (Å²) in [6.45, 7) is 6.01. The van der Waals surface area contributed by atoms with Crippen LogP contribution in [0, 0.1) is 6.92 Å². The van der Waals surface area contributed by atoms with Crippen molar-refractivity contribution in [2.24, 2.45) is 4.99 Å². The average molecular weight is 331 g/mol. The lowest BCUT2D eigenvalue weighted by molar-refractivity contribution is 0.476. The highest BCUT2D eigenvalue weighted by molar-refractivity contribution is 7.11. The molecule has 0 saturated heterocycles. The molecule has 4 nitrogen and oxygen atoms in total. The Morgan fingerprint density at radius 2 is 2.13 bits per heavy atom. The molecule has 1 heterocycles. The van der Waals surface area contributed by atoms with Gasteiger partial charge in [0.15, 0.2) is 5.96 Å². The molecule has 5 heteroatoms. The molecule has 2 rings (SSSR count). The topological polar surface area (TPSA) is 40.5 Å². The Labute approximate surface area is 143 Å². The highest BCUT2D eigenvalue weighted by Gasteiger charge is 2.08. The maximum Gasteiger partial charge on any atom is 0.193 e. The summed E-state index contributed by atoms with van der Waals surface area (Å²) in [4.78, 5) is 12.3. The van der Waals surface area contributed by atoms with Crippen molar-refractivity contribution in [1.29, 1.82) is 0 Å². The molecule has 0 aliphatic rings. The van der Waals surface area contributed by atoms with Gasteiger partial charge in [-0.3, -0.25) is 4.99 Å². The van der Waals surface area contributed by atoms with Crippen molar-refractivity contribution in [2.75, 3.05) is 20.6 Å². The van der Waals surface area contributed by atoms with Crippen molar-refractivity contribution in [2.45, 2.75) is 33.2 Å². The van der Waals surface area contributed by atoms with Gasteiger partial charge in [-0.2, -0.15) is 0 Å². The van der Waals surface area contributed by atoms with Crippen LogP contribution in [0.1, 0.15) is 27.9 Å². The number of rotatable bonds is 6. The number of aromatic nitrogens is 1. The van der Waals surface area contributed by atoms with E-state index in [1.54, 1.807) is 11.3 Å². The summed E-state index contributed by atoms with van der Waals surface area (Å²) in [5, 5.41) is 4.61. The van der Waals surface area contributed by atoms with Crippen LogP contribution in [0.15, 0.2) is 35.5 Å². The lowest BCUT2D eigenvalue weighted by atomic mass is 10.1. The van der Waals surface area contributed by atoms with Crippen molar-refractivity contribution < 1.29 is 0 Å². The normalized spacial score (nSPS) is 11.6. The summed E-state index contributed by atoms with van der Waals surface area (Å²) >= 11 is 1.80. The van der Waals surface area contributed by atoms with E-state index in [0.29, 0.717) is 0 Å². The van der Waals surface area contributed by atoms with Gasteiger partial charge in [-0.25, -0.2) is 4.98 Å². The predicted molar refractivity (Wildman–Crippen MR) is 99.2 cm³/mol. The van der Waals surface area contributed by atoms with Crippen LogP contribution in [0.2, 0.25) is 0 Å². The smallest absolute Gasteiger partial charge is 0.193 e. The van der Waals surface area contributed by atoms with E-state index in [9.17, 15) is 0 Å². The van der Waals surface area contributed by atoms with Crippen LogP contribution in [0.3, 0.4) is 0 Å². The van der Waals surface area contributed by atoms with Gasteiger partial charge in [-0.1, -0.05) is 31.2 Å². The largest absolute Gasteiger partial charge is 0.356 e. The fourth-order valence-corrected chi connectivity index (χ4v) is 3.27. The molecule has 0 atom stereocenters. The lowest BCUT2D eigenvalue weighted by Gasteiger charge is -2.22. The second-order valence-corrected chi connectivity index (χ2v) is 6.78. The first-order valence-electron chi connectivity index (χ1n) is 8.04. The number of aryl methyl sites for hydroxylation is 2. The van der Waals surface area contributed by atoms with E-state index >= 15 is 0 Å². The third-order valence-electron chi connectivity index (χ3n) is 3.81. The molecule has 0 bridgehead atoms. The Morgan fingerprint density at radius 1 is 1.35 bits per heavy atom. The van der Waals surface area contributed by atoms with Crippen LogP contribution in [0.5, 0.6) is 0 Å². The second-order valence-electron chi connectivity index (χ2n) is 5.58. The fourth-order valence-electron chi connectivity index (χ4n) is 2.41. The number of thiazole rings is 1. The molecule has 1 N–H and O–H groups in total. The molecule has 0 fully saturated rings. The summed E-state index contributed by atoms with van der Waals surface area (Å²) in [5.74, 6) is 0.917. The zero-order valence-corrected chi connectivity index (χ0v) is 15.3. The molecular weight excluding hydrogens is 304 g/mol. The minimum absolute atomic E-state index is 0.849. The molecule has 0 spiro atoms. The number of guanidine groups is 1. The van der Waals surface area contributed by atoms with Gasteiger partial charge in [0.25, 0.3) is 0 Å². The van der Waals surface area contributed by atoms with Crippen LogP contribution in [0.25, 0.3) is 0 Å². The third kappa shape index (κ3) is 5.06. The highest BCUT2D eigenvalue weighted by Crippen LogP contribution is 2.13. The number of benzene rings is 1. The Morgan fingerprint density at radius 3 is 2.78 bits per heavy atom. The van der Waals surface area contributed by atoms with Gasteiger partial charge in [0, 0.05) is 44.7 Å². The third-order valence-corrected chi connectivity index (χ3v) is 5.02. The number of nitrogens with zero attached hydrogens (tertiary/aromatic N) is 3. The van der Waals surface area contributed by atoms with Crippen LogP contribution in [0.4, 0.5) is 0 Å². The second kappa shape index (κ2) is 8.67. The van der Waals surface area contributed by atoms with Gasteiger partial charge in [-0.15, -0.1) is 11.3 Å². The Kier molecular flexibility index (Phi) is 6.59. The zero-order chi connectivity index (χ0) is 16.7. The molecule has 0 saturated carbocycles. The molecule has 0 aliphatic carbocycles. The predicted octanol–water partition coefficient (Wildman–Crippen LogP) is 3.26. The molecule has 0 unspecified atom stereocenters. The van der Waals surface area contributed by atoms with E-state index in [2.05, 4.69) is 65.4 Å². The molecule has 0 amide bonds. The summed E-state index contributed by atoms with van der Waals surface area (Å²) in [6.07, 6.45) is 3.98. The van der Waals surface area contributed by atoms with Crippen molar-refractivity contribution in [1.82, 2.24) is 15.2 Å². The highest BCUT2D eigenvalue weighted by atomic mass is 32.1. The van der Waals surface area contributed by atoms with E-state index in [1.165, 1.54) is 21.0 Å². The number of hydrogen-bond donors (Lipinski definition) is 1. The zero-order valence-electron chi connectivity index (χ0n) is 14.5. The average Bonchev–Trinajstić information content (AvgIpc) is 3.01. The molecule has 124 valence electrons. The Balaban J connectivity index is 1.86. The SMILES string of the molecule is CCc1cnc(CCNC(=NC)N(C)Cc2ccccc2C)s1. The van der Waals surface area contributed by atoms with Crippen LogP contribution < -0.4 is 5.32 Å². The van der Waals surface area contributed by atoms with Gasteiger partial charge in [0.2, 0.25) is 0 Å². The van der Waals surface area contributed by atoms with Crippen LogP contribution in [-0.4, -0.2) is 36.5 Å². The maximum atomic E-state index is 4.46. The Hall–Kier alpha value is -1.88. The maximum absolute atomic E-state index is 4.46. The molecule has 0 radical (unpaired) electrons. The van der Waals surface area contributed by atoms with Crippen LogP contribution in [-0.2, 0) is 19.4 Å². The first kappa shape index (κ1) is 17.5. The standard InChI is InChI=1S/C18H26N4S/c1-5-16-12-21-17(23-16)10-11-20-18(19-3)22(4)13-15-9-7-6-8-14(15)2/h6-9,12H,5,10-11,13H2,1-4H3,(H,19,20). The summed E-state index contributed by atoms with van der Waals surface area (Å²) in [7, 11) is 3.90. The van der Waals surface area contributed by atoms with Crippen LogP contribution >= 0.6 is 11.3 Å². The molecule has 0 aliphatic heterocycles. The minimum Gasteiger partial charge on any atom is -0.356 e. The summed E-state index contributed by atoms with van der Waals surface area (Å²) in [5.41, 5.74) is 2.63. The Bertz CT molecular complexity index is 648. The number of aliphatic imine (C=N–C) groups is 1. The van der Waals surface area contributed by atoms with Crippen molar-refractivity contribution in [3.63, 3.8) is 0 Å². The van der Waals surface area contributed by atoms with Gasteiger partial charge in [-0.05, 0) is 24.5 Å². The molecule has 1 aromatic heterocycles. The van der Waals surface area contributed by atoms with Gasteiger partial charge >= 0.3 is 0 Å². The summed E-state index contributed by atoms with van der Waals surface area (Å²) < 4.78 is 0. The molecule has 23 heavy (non-hydrogen) atoms. The van der Waals surface area contributed by atoms with Gasteiger partial charge < -0.3 is 10.2 Å². The van der Waals surface area contributed by atoms with Gasteiger partial charge in [0.1, 0.15) is 0 Å². The molecular formula is C18H26N4S. The van der Waals surface area contributed by atoms with E-state index in [0.717, 1.165) is 31.9 Å². The van der Waals surface area contributed by atoms with Crippen molar-refractivity contribution in [3.8, 4) is 0 Å². The summed E-state index contributed by atoms with van der Waals surface area (Å²) in [6, 6.07) is 8.47. The van der Waals surface area contributed by atoms with Crippen molar-refractivity contribution >= 4 is 17.3 Å².